The predicted molar refractivity (Wildman–Crippen MR) is 51.6 cm³/mol. The van der Waals surface area contributed by atoms with Gasteiger partial charge in [0.2, 0.25) is 0 Å². The van der Waals surface area contributed by atoms with Crippen LogP contribution < -0.4 is 0 Å². The largest absolute Gasteiger partial charge is 0.395 e. The maximum atomic E-state index is 11.0. The van der Waals surface area contributed by atoms with E-state index in [-0.39, 0.29) is 18.4 Å². The van der Waals surface area contributed by atoms with Crippen molar-refractivity contribution >= 4 is 5.78 Å². The molecule has 1 aliphatic heterocycles. The van der Waals surface area contributed by atoms with Crippen molar-refractivity contribution in [1.82, 2.24) is 4.90 Å². The van der Waals surface area contributed by atoms with Crippen molar-refractivity contribution in [1.29, 1.82) is 0 Å². The molecule has 0 bridgehead atoms. The van der Waals surface area contributed by atoms with Crippen molar-refractivity contribution in [3.05, 3.63) is 0 Å². The van der Waals surface area contributed by atoms with E-state index < -0.39 is 0 Å². The number of likely N-dealkylation sites (tertiary alicyclic amines) is 1. The first-order valence-corrected chi connectivity index (χ1v) is 5.08. The molecular formula is C10H19NO2. The van der Waals surface area contributed by atoms with Gasteiger partial charge in [-0.3, -0.25) is 9.69 Å². The third-order valence-electron chi connectivity index (χ3n) is 2.64. The van der Waals surface area contributed by atoms with Crippen molar-refractivity contribution in [2.24, 2.45) is 0 Å². The molecular weight excluding hydrogens is 166 g/mol. The number of ketones is 1. The van der Waals surface area contributed by atoms with Gasteiger partial charge in [0.25, 0.3) is 0 Å². The van der Waals surface area contributed by atoms with E-state index in [2.05, 4.69) is 4.90 Å². The summed E-state index contributed by atoms with van der Waals surface area (Å²) < 4.78 is 0. The van der Waals surface area contributed by atoms with Gasteiger partial charge in [0.1, 0.15) is 5.78 Å². The summed E-state index contributed by atoms with van der Waals surface area (Å²) in [5.74, 6) is 0.195. The van der Waals surface area contributed by atoms with Gasteiger partial charge in [-0.25, -0.2) is 0 Å². The molecule has 0 amide bonds. The van der Waals surface area contributed by atoms with Gasteiger partial charge >= 0.3 is 0 Å². The minimum Gasteiger partial charge on any atom is -0.395 e. The van der Waals surface area contributed by atoms with E-state index in [0.29, 0.717) is 6.54 Å². The highest BCUT2D eigenvalue weighted by molar-refractivity contribution is 5.77. The standard InChI is InChI=1S/C10H19NO2/c1-9(13)7-11-6-4-2-3-5-10(11)8-12/h10,12H,2-8H2,1H3. The maximum Gasteiger partial charge on any atom is 0.143 e. The fourth-order valence-electron chi connectivity index (χ4n) is 1.94. The summed E-state index contributed by atoms with van der Waals surface area (Å²) in [6, 6.07) is 0.214. The molecule has 1 saturated heterocycles. The molecule has 0 radical (unpaired) electrons. The highest BCUT2D eigenvalue weighted by Crippen LogP contribution is 2.15. The molecule has 1 rings (SSSR count). The average molecular weight is 185 g/mol. The Bertz CT molecular complexity index is 170. The molecule has 1 atom stereocenters. The number of aliphatic hydroxyl groups is 1. The Balaban J connectivity index is 2.48. The molecule has 0 spiro atoms. The lowest BCUT2D eigenvalue weighted by Crippen LogP contribution is -2.40. The Labute approximate surface area is 79.7 Å². The molecule has 0 aromatic heterocycles. The topological polar surface area (TPSA) is 40.5 Å². The Hall–Kier alpha value is -0.410. The van der Waals surface area contributed by atoms with Gasteiger partial charge in [0, 0.05) is 6.04 Å². The second-order valence-corrected chi connectivity index (χ2v) is 3.86. The van der Waals surface area contributed by atoms with Crippen LogP contribution in [0.1, 0.15) is 32.6 Å². The monoisotopic (exact) mass is 185 g/mol. The summed E-state index contributed by atoms with van der Waals surface area (Å²) >= 11 is 0. The van der Waals surface area contributed by atoms with Crippen LogP contribution in [-0.4, -0.2) is 41.5 Å². The highest BCUT2D eigenvalue weighted by Gasteiger charge is 2.20. The Morgan fingerprint density at radius 1 is 1.46 bits per heavy atom. The zero-order valence-corrected chi connectivity index (χ0v) is 8.33. The van der Waals surface area contributed by atoms with Gasteiger partial charge < -0.3 is 5.11 Å². The number of carbonyl (C=O) groups is 1. The van der Waals surface area contributed by atoms with Crippen LogP contribution in [0, 0.1) is 0 Å². The zero-order chi connectivity index (χ0) is 9.68. The summed E-state index contributed by atoms with van der Waals surface area (Å²) in [6.45, 7) is 3.27. The molecule has 1 fully saturated rings. The minimum atomic E-state index is 0.188. The van der Waals surface area contributed by atoms with Crippen LogP contribution in [0.2, 0.25) is 0 Å². The number of hydrogen-bond donors (Lipinski definition) is 1. The van der Waals surface area contributed by atoms with Gasteiger partial charge in [-0.05, 0) is 26.3 Å². The van der Waals surface area contributed by atoms with E-state index in [0.717, 1.165) is 19.4 Å². The van der Waals surface area contributed by atoms with Crippen molar-refractivity contribution in [3.8, 4) is 0 Å². The molecule has 13 heavy (non-hydrogen) atoms. The molecule has 76 valence electrons. The number of nitrogens with zero attached hydrogens (tertiary/aromatic N) is 1. The number of hydrogen-bond acceptors (Lipinski definition) is 3. The predicted octanol–water partition coefficient (Wildman–Crippen LogP) is 0.812. The third kappa shape index (κ3) is 3.44. The summed E-state index contributed by atoms with van der Waals surface area (Å²) in [7, 11) is 0. The average Bonchev–Trinajstić information content (AvgIpc) is 2.28. The molecule has 0 aliphatic carbocycles. The van der Waals surface area contributed by atoms with Gasteiger partial charge in [-0.15, -0.1) is 0 Å². The van der Waals surface area contributed by atoms with Crippen molar-refractivity contribution in [3.63, 3.8) is 0 Å². The highest BCUT2D eigenvalue weighted by atomic mass is 16.3. The Morgan fingerprint density at radius 3 is 2.85 bits per heavy atom. The summed E-state index contributed by atoms with van der Waals surface area (Å²) in [5.41, 5.74) is 0. The van der Waals surface area contributed by atoms with Gasteiger partial charge in [-0.1, -0.05) is 12.8 Å². The Morgan fingerprint density at radius 2 is 2.23 bits per heavy atom. The normalized spacial score (nSPS) is 25.5. The SMILES string of the molecule is CC(=O)CN1CCCCCC1CO. The van der Waals surface area contributed by atoms with E-state index in [1.807, 2.05) is 0 Å². The van der Waals surface area contributed by atoms with Crippen LogP contribution in [0.15, 0.2) is 0 Å². The van der Waals surface area contributed by atoms with Crippen LogP contribution in [0.25, 0.3) is 0 Å². The van der Waals surface area contributed by atoms with Crippen LogP contribution in [0.4, 0.5) is 0 Å². The van der Waals surface area contributed by atoms with Gasteiger partial charge in [0.15, 0.2) is 0 Å². The number of rotatable bonds is 3. The molecule has 0 saturated carbocycles. The first-order chi connectivity index (χ1) is 6.24. The van der Waals surface area contributed by atoms with Crippen molar-refractivity contribution in [2.75, 3.05) is 19.7 Å². The first kappa shape index (κ1) is 10.7. The fourth-order valence-corrected chi connectivity index (χ4v) is 1.94. The van der Waals surface area contributed by atoms with Gasteiger partial charge in [0.05, 0.1) is 13.2 Å². The van der Waals surface area contributed by atoms with Crippen LogP contribution >= 0.6 is 0 Å². The van der Waals surface area contributed by atoms with Crippen molar-refractivity contribution < 1.29 is 9.90 Å². The quantitative estimate of drug-likeness (QED) is 0.707. The minimum absolute atomic E-state index is 0.188. The summed E-state index contributed by atoms with van der Waals surface area (Å²) in [4.78, 5) is 13.1. The zero-order valence-electron chi connectivity index (χ0n) is 8.33. The van der Waals surface area contributed by atoms with Crippen LogP contribution in [0.3, 0.4) is 0 Å². The van der Waals surface area contributed by atoms with Crippen LogP contribution in [-0.2, 0) is 4.79 Å². The van der Waals surface area contributed by atoms with E-state index in [1.54, 1.807) is 6.92 Å². The van der Waals surface area contributed by atoms with E-state index in [4.69, 9.17) is 5.11 Å². The summed E-state index contributed by atoms with van der Waals surface area (Å²) in [5, 5.41) is 9.15. The Kier molecular flexibility index (Phi) is 4.39. The molecule has 3 heteroatoms. The lowest BCUT2D eigenvalue weighted by molar-refractivity contribution is -0.118. The first-order valence-electron chi connectivity index (χ1n) is 5.08. The second-order valence-electron chi connectivity index (χ2n) is 3.86. The molecule has 3 nitrogen and oxygen atoms in total. The summed E-state index contributed by atoms with van der Waals surface area (Å²) in [6.07, 6.45) is 4.60. The van der Waals surface area contributed by atoms with E-state index in [9.17, 15) is 4.79 Å². The maximum absolute atomic E-state index is 11.0. The molecule has 1 unspecified atom stereocenters. The molecule has 1 heterocycles. The molecule has 1 aliphatic rings. The fraction of sp³-hybridized carbons (Fsp3) is 0.900. The molecule has 0 aromatic carbocycles. The van der Waals surface area contributed by atoms with E-state index >= 15 is 0 Å². The lowest BCUT2D eigenvalue weighted by atomic mass is 10.1. The molecule has 0 aromatic rings. The van der Waals surface area contributed by atoms with Crippen LogP contribution in [0.5, 0.6) is 0 Å². The van der Waals surface area contributed by atoms with Gasteiger partial charge in [-0.2, -0.15) is 0 Å². The number of aliphatic hydroxyl groups excluding tert-OH is 1. The second kappa shape index (κ2) is 5.35. The number of Topliss-reactive ketones (excluding diaryl/α,β-unsaturated/α-hetero) is 1. The third-order valence-corrected chi connectivity index (χ3v) is 2.64. The number of carbonyl (C=O) groups excluding carboxylic acids is 1. The lowest BCUT2D eigenvalue weighted by Gasteiger charge is -2.26. The van der Waals surface area contributed by atoms with E-state index in [1.165, 1.54) is 12.8 Å². The molecule has 1 N–H and O–H groups in total. The van der Waals surface area contributed by atoms with Crippen molar-refractivity contribution in [2.45, 2.75) is 38.6 Å². The smallest absolute Gasteiger partial charge is 0.143 e.